The number of hydrogen-bond donors (Lipinski definition) is 0. The van der Waals surface area contributed by atoms with Crippen molar-refractivity contribution in [2.75, 3.05) is 0 Å². The van der Waals surface area contributed by atoms with Gasteiger partial charge in [-0.05, 0) is 42.8 Å². The summed E-state index contributed by atoms with van der Waals surface area (Å²) in [5.74, 6) is -0.152. The van der Waals surface area contributed by atoms with Gasteiger partial charge in [0.05, 0.1) is 24.1 Å². The highest BCUT2D eigenvalue weighted by molar-refractivity contribution is 5.92. The van der Waals surface area contributed by atoms with Gasteiger partial charge in [-0.15, -0.1) is 0 Å². The van der Waals surface area contributed by atoms with Crippen LogP contribution in [0.15, 0.2) is 88.3 Å². The molecule has 2 heterocycles. The van der Waals surface area contributed by atoms with Crippen molar-refractivity contribution >= 4 is 5.91 Å². The predicted molar refractivity (Wildman–Crippen MR) is 118 cm³/mol. The predicted octanol–water partition coefficient (Wildman–Crippen LogP) is 5.00. The zero-order valence-corrected chi connectivity index (χ0v) is 18.1. The van der Waals surface area contributed by atoms with E-state index in [1.807, 2.05) is 30.3 Å². The number of halogens is 3. The first-order valence-corrected chi connectivity index (χ1v) is 10.4. The second kappa shape index (κ2) is 9.38. The maximum Gasteiger partial charge on any atom is 0.416 e. The molecule has 174 valence electrons. The number of alkyl halides is 3. The lowest BCUT2D eigenvalue weighted by Crippen LogP contribution is -2.35. The van der Waals surface area contributed by atoms with Gasteiger partial charge in [0.2, 0.25) is 5.43 Å². The van der Waals surface area contributed by atoms with Gasteiger partial charge in [0.25, 0.3) is 5.91 Å². The fourth-order valence-electron chi connectivity index (χ4n) is 3.51. The molecule has 0 saturated carbocycles. The Kier molecular flexibility index (Phi) is 6.36. The Balaban J connectivity index is 1.74. The highest BCUT2D eigenvalue weighted by atomic mass is 19.4. The molecular formula is C25H20F3N3O3. The van der Waals surface area contributed by atoms with Gasteiger partial charge in [0.15, 0.2) is 5.69 Å². The molecular weight excluding hydrogens is 447 g/mol. The summed E-state index contributed by atoms with van der Waals surface area (Å²) in [4.78, 5) is 27.6. The first kappa shape index (κ1) is 23.0. The number of carbonyl (C=O) groups is 1. The molecule has 6 nitrogen and oxygen atoms in total. The summed E-state index contributed by atoms with van der Waals surface area (Å²) in [5.41, 5.74) is -0.675. The van der Waals surface area contributed by atoms with E-state index in [1.54, 1.807) is 12.1 Å². The Labute approximate surface area is 192 Å². The number of rotatable bonds is 6. The van der Waals surface area contributed by atoms with Crippen LogP contribution in [0.4, 0.5) is 13.2 Å². The molecule has 0 spiro atoms. The molecule has 0 radical (unpaired) electrons. The van der Waals surface area contributed by atoms with Crippen LogP contribution in [0, 0.1) is 6.92 Å². The minimum Gasteiger partial charge on any atom is -0.467 e. The summed E-state index contributed by atoms with van der Waals surface area (Å²) in [5, 5.41) is 4.17. The zero-order valence-electron chi connectivity index (χ0n) is 18.1. The van der Waals surface area contributed by atoms with E-state index in [1.165, 1.54) is 36.3 Å². The van der Waals surface area contributed by atoms with Gasteiger partial charge < -0.3 is 9.32 Å². The van der Waals surface area contributed by atoms with Gasteiger partial charge in [-0.1, -0.05) is 36.4 Å². The second-order valence-electron chi connectivity index (χ2n) is 7.68. The summed E-state index contributed by atoms with van der Waals surface area (Å²) >= 11 is 0. The van der Waals surface area contributed by atoms with Gasteiger partial charge in [0.1, 0.15) is 5.76 Å². The van der Waals surface area contributed by atoms with Crippen molar-refractivity contribution in [3.8, 4) is 5.69 Å². The quantitative estimate of drug-likeness (QED) is 0.401. The van der Waals surface area contributed by atoms with E-state index in [9.17, 15) is 22.8 Å². The van der Waals surface area contributed by atoms with E-state index in [-0.39, 0.29) is 18.8 Å². The molecule has 0 aliphatic carbocycles. The summed E-state index contributed by atoms with van der Waals surface area (Å²) in [6.45, 7) is 1.80. The zero-order chi connectivity index (χ0) is 24.3. The maximum atomic E-state index is 13.4. The van der Waals surface area contributed by atoms with Crippen LogP contribution in [0.5, 0.6) is 0 Å². The smallest absolute Gasteiger partial charge is 0.416 e. The van der Waals surface area contributed by atoms with Crippen molar-refractivity contribution in [2.45, 2.75) is 26.2 Å². The van der Waals surface area contributed by atoms with Crippen molar-refractivity contribution in [3.63, 3.8) is 0 Å². The molecule has 4 aromatic rings. The molecule has 0 bridgehead atoms. The van der Waals surface area contributed by atoms with Crippen molar-refractivity contribution in [2.24, 2.45) is 0 Å². The third-order valence-corrected chi connectivity index (χ3v) is 5.16. The monoisotopic (exact) mass is 467 g/mol. The van der Waals surface area contributed by atoms with Gasteiger partial charge in [-0.3, -0.25) is 9.59 Å². The van der Waals surface area contributed by atoms with Crippen LogP contribution in [0.1, 0.15) is 33.1 Å². The second-order valence-corrected chi connectivity index (χ2v) is 7.68. The summed E-state index contributed by atoms with van der Waals surface area (Å²) < 4.78 is 46.1. The number of nitrogens with zero attached hydrogens (tertiary/aromatic N) is 3. The topological polar surface area (TPSA) is 68.3 Å². The lowest BCUT2D eigenvalue weighted by atomic mass is 10.2. The fourth-order valence-corrected chi connectivity index (χ4v) is 3.51. The fraction of sp³-hybridized carbons (Fsp3) is 0.160. The van der Waals surface area contributed by atoms with E-state index in [0.717, 1.165) is 22.4 Å². The minimum atomic E-state index is -4.54. The third kappa shape index (κ3) is 5.09. The van der Waals surface area contributed by atoms with Crippen LogP contribution in [-0.4, -0.2) is 20.6 Å². The van der Waals surface area contributed by atoms with E-state index < -0.39 is 28.8 Å². The number of amides is 1. The summed E-state index contributed by atoms with van der Waals surface area (Å²) in [7, 11) is 0. The molecule has 0 aliphatic rings. The van der Waals surface area contributed by atoms with E-state index >= 15 is 0 Å². The molecule has 0 fully saturated rings. The standard InChI is InChI=1S/C25H20F3N3O3/c1-17-13-22(32)23(29-31(17)20-10-5-9-19(14-20)25(26,27)28)24(33)30(16-21-11-6-12-34-21)15-18-7-3-2-4-8-18/h2-14H,15-16H2,1H3. The highest BCUT2D eigenvalue weighted by Gasteiger charge is 2.31. The Bertz CT molecular complexity index is 1350. The molecule has 0 atom stereocenters. The average Bonchev–Trinajstić information content (AvgIpc) is 3.32. The van der Waals surface area contributed by atoms with Crippen molar-refractivity contribution in [1.82, 2.24) is 14.7 Å². The lowest BCUT2D eigenvalue weighted by molar-refractivity contribution is -0.137. The number of aromatic nitrogens is 2. The van der Waals surface area contributed by atoms with Crippen LogP contribution in [0.25, 0.3) is 5.69 Å². The summed E-state index contributed by atoms with van der Waals surface area (Å²) in [6, 6.07) is 18.3. The molecule has 1 amide bonds. The van der Waals surface area contributed by atoms with Crippen LogP contribution in [-0.2, 0) is 19.3 Å². The number of hydrogen-bond acceptors (Lipinski definition) is 4. The Morgan fingerprint density at radius 3 is 2.44 bits per heavy atom. The van der Waals surface area contributed by atoms with E-state index in [0.29, 0.717) is 11.5 Å². The molecule has 0 unspecified atom stereocenters. The Morgan fingerprint density at radius 2 is 1.76 bits per heavy atom. The Hall–Kier alpha value is -4.14. The van der Waals surface area contributed by atoms with Gasteiger partial charge in [-0.2, -0.15) is 18.3 Å². The molecule has 4 rings (SSSR count). The SMILES string of the molecule is Cc1cc(=O)c(C(=O)N(Cc2ccccc2)Cc2ccco2)nn1-c1cccc(C(F)(F)F)c1. The molecule has 2 aromatic heterocycles. The Morgan fingerprint density at radius 1 is 1.00 bits per heavy atom. The van der Waals surface area contributed by atoms with Crippen molar-refractivity contribution < 1.29 is 22.4 Å². The molecule has 2 aromatic carbocycles. The van der Waals surface area contributed by atoms with Crippen molar-refractivity contribution in [3.05, 3.63) is 118 Å². The molecule has 0 N–H and O–H groups in total. The molecule has 34 heavy (non-hydrogen) atoms. The van der Waals surface area contributed by atoms with Gasteiger partial charge in [-0.25, -0.2) is 4.68 Å². The minimum absolute atomic E-state index is 0.0826. The highest BCUT2D eigenvalue weighted by Crippen LogP contribution is 2.30. The van der Waals surface area contributed by atoms with Gasteiger partial charge in [0, 0.05) is 18.3 Å². The van der Waals surface area contributed by atoms with Crippen LogP contribution >= 0.6 is 0 Å². The average molecular weight is 467 g/mol. The first-order chi connectivity index (χ1) is 16.2. The van der Waals surface area contributed by atoms with E-state index in [2.05, 4.69) is 5.10 Å². The van der Waals surface area contributed by atoms with Crippen LogP contribution in [0.2, 0.25) is 0 Å². The number of benzene rings is 2. The number of aryl methyl sites for hydroxylation is 1. The normalized spacial score (nSPS) is 11.4. The molecule has 9 heteroatoms. The van der Waals surface area contributed by atoms with Gasteiger partial charge >= 0.3 is 6.18 Å². The molecule has 0 saturated heterocycles. The number of carbonyl (C=O) groups excluding carboxylic acids is 1. The molecule has 0 aliphatic heterocycles. The third-order valence-electron chi connectivity index (χ3n) is 5.16. The first-order valence-electron chi connectivity index (χ1n) is 10.4. The number of furan rings is 1. The van der Waals surface area contributed by atoms with Crippen LogP contribution < -0.4 is 5.43 Å². The summed E-state index contributed by atoms with van der Waals surface area (Å²) in [6.07, 6.45) is -3.07. The largest absolute Gasteiger partial charge is 0.467 e. The lowest BCUT2D eigenvalue weighted by Gasteiger charge is -2.22. The van der Waals surface area contributed by atoms with E-state index in [4.69, 9.17) is 4.42 Å². The van der Waals surface area contributed by atoms with Crippen LogP contribution in [0.3, 0.4) is 0 Å². The maximum absolute atomic E-state index is 13.4. The van der Waals surface area contributed by atoms with Crippen molar-refractivity contribution in [1.29, 1.82) is 0 Å².